The number of Topliss-reactive ketones (excluding diaryl/α,β-unsaturated/α-hetero) is 1. The van der Waals surface area contributed by atoms with Gasteiger partial charge in [-0.1, -0.05) is 40.0 Å². The Balaban J connectivity index is 2.31. The summed E-state index contributed by atoms with van der Waals surface area (Å²) in [5, 5.41) is 0. The van der Waals surface area contributed by atoms with Crippen LogP contribution in [0, 0.1) is 5.92 Å². The molecule has 2 rings (SSSR count). The van der Waals surface area contributed by atoms with E-state index in [1.165, 1.54) is 19.3 Å². The molecular formula is C20H30O2. The van der Waals surface area contributed by atoms with Crippen LogP contribution in [0.4, 0.5) is 0 Å². The van der Waals surface area contributed by atoms with Gasteiger partial charge in [0.1, 0.15) is 5.75 Å². The Morgan fingerprint density at radius 1 is 1.14 bits per heavy atom. The minimum atomic E-state index is -0.0346. The standard InChI is InChI=1S/C20H30O2/c1-14(2)22-18-12-11-16(13-17(18)20(3,4)5)19(21)15-9-7-6-8-10-15/h11-15H,6-10H2,1-5H3. The van der Waals surface area contributed by atoms with E-state index in [1.54, 1.807) is 0 Å². The predicted octanol–water partition coefficient (Wildman–Crippen LogP) is 5.53. The quantitative estimate of drug-likeness (QED) is 0.683. The number of carbonyl (C=O) groups is 1. The normalized spacial score (nSPS) is 16.8. The topological polar surface area (TPSA) is 26.3 Å². The molecule has 0 bridgehead atoms. The molecule has 2 heteroatoms. The van der Waals surface area contributed by atoms with Crippen molar-refractivity contribution < 1.29 is 9.53 Å². The van der Waals surface area contributed by atoms with Gasteiger partial charge in [0.2, 0.25) is 0 Å². The Bertz CT molecular complexity index is 517. The van der Waals surface area contributed by atoms with Crippen LogP contribution in [0.5, 0.6) is 5.75 Å². The maximum absolute atomic E-state index is 12.8. The molecule has 0 aromatic heterocycles. The first kappa shape index (κ1) is 17.1. The summed E-state index contributed by atoms with van der Waals surface area (Å²) in [6.07, 6.45) is 5.90. The molecule has 2 nitrogen and oxygen atoms in total. The molecule has 1 aromatic carbocycles. The summed E-state index contributed by atoms with van der Waals surface area (Å²) in [5.74, 6) is 1.45. The third kappa shape index (κ3) is 4.12. The molecule has 1 fully saturated rings. The second-order valence-corrected chi connectivity index (χ2v) is 7.83. The van der Waals surface area contributed by atoms with Gasteiger partial charge in [-0.05, 0) is 50.3 Å². The lowest BCUT2D eigenvalue weighted by atomic mass is 9.81. The fourth-order valence-corrected chi connectivity index (χ4v) is 3.23. The van der Waals surface area contributed by atoms with Crippen molar-refractivity contribution in [1.29, 1.82) is 0 Å². The number of carbonyl (C=O) groups excluding carboxylic acids is 1. The number of hydrogen-bond donors (Lipinski definition) is 0. The van der Waals surface area contributed by atoms with Gasteiger partial charge in [-0.15, -0.1) is 0 Å². The lowest BCUT2D eigenvalue weighted by molar-refractivity contribution is 0.0889. The van der Waals surface area contributed by atoms with E-state index in [2.05, 4.69) is 26.8 Å². The molecule has 0 heterocycles. The predicted molar refractivity (Wildman–Crippen MR) is 91.8 cm³/mol. The lowest BCUT2D eigenvalue weighted by Crippen LogP contribution is -2.20. The van der Waals surface area contributed by atoms with Gasteiger partial charge in [0.25, 0.3) is 0 Å². The highest BCUT2D eigenvalue weighted by Gasteiger charge is 2.26. The molecule has 1 aromatic rings. The molecule has 0 saturated heterocycles. The van der Waals surface area contributed by atoms with Crippen molar-refractivity contribution in [1.82, 2.24) is 0 Å². The van der Waals surface area contributed by atoms with Gasteiger partial charge < -0.3 is 4.74 Å². The molecule has 22 heavy (non-hydrogen) atoms. The molecule has 0 unspecified atom stereocenters. The summed E-state index contributed by atoms with van der Waals surface area (Å²) in [7, 11) is 0. The van der Waals surface area contributed by atoms with Gasteiger partial charge in [-0.25, -0.2) is 0 Å². The minimum absolute atomic E-state index is 0.0346. The fourth-order valence-electron chi connectivity index (χ4n) is 3.23. The molecule has 0 atom stereocenters. The van der Waals surface area contributed by atoms with E-state index in [-0.39, 0.29) is 17.4 Å². The lowest BCUT2D eigenvalue weighted by Gasteiger charge is -2.26. The summed E-state index contributed by atoms with van der Waals surface area (Å²) in [6, 6.07) is 6.00. The first-order chi connectivity index (χ1) is 10.3. The highest BCUT2D eigenvalue weighted by molar-refractivity contribution is 5.98. The van der Waals surface area contributed by atoms with Crippen LogP contribution in [0.25, 0.3) is 0 Å². The zero-order valence-electron chi connectivity index (χ0n) is 14.7. The van der Waals surface area contributed by atoms with E-state index in [1.807, 2.05) is 26.0 Å². The number of ether oxygens (including phenoxy) is 1. The summed E-state index contributed by atoms with van der Waals surface area (Å²) >= 11 is 0. The summed E-state index contributed by atoms with van der Waals surface area (Å²) in [6.45, 7) is 10.6. The largest absolute Gasteiger partial charge is 0.491 e. The van der Waals surface area contributed by atoms with Gasteiger partial charge in [-0.2, -0.15) is 0 Å². The second-order valence-electron chi connectivity index (χ2n) is 7.83. The first-order valence-electron chi connectivity index (χ1n) is 8.64. The summed E-state index contributed by atoms with van der Waals surface area (Å²) in [5.41, 5.74) is 1.95. The van der Waals surface area contributed by atoms with E-state index in [0.717, 1.165) is 29.7 Å². The van der Waals surface area contributed by atoms with Crippen LogP contribution in [-0.2, 0) is 5.41 Å². The average molecular weight is 302 g/mol. The maximum atomic E-state index is 12.8. The third-order valence-corrected chi connectivity index (χ3v) is 4.41. The van der Waals surface area contributed by atoms with Crippen molar-refractivity contribution in [2.45, 2.75) is 78.2 Å². The van der Waals surface area contributed by atoms with E-state index < -0.39 is 0 Å². The third-order valence-electron chi connectivity index (χ3n) is 4.41. The number of hydrogen-bond acceptors (Lipinski definition) is 2. The van der Waals surface area contributed by atoms with Crippen LogP contribution in [0.2, 0.25) is 0 Å². The Kier molecular flexibility index (Phi) is 5.31. The zero-order valence-corrected chi connectivity index (χ0v) is 14.7. The van der Waals surface area contributed by atoms with Crippen molar-refractivity contribution in [3.63, 3.8) is 0 Å². The molecule has 0 amide bonds. The van der Waals surface area contributed by atoms with Crippen LogP contribution >= 0.6 is 0 Å². The molecule has 1 aliphatic carbocycles. The Labute approximate surface area is 135 Å². The maximum Gasteiger partial charge on any atom is 0.165 e. The van der Waals surface area contributed by atoms with Crippen LogP contribution in [0.3, 0.4) is 0 Å². The van der Waals surface area contributed by atoms with E-state index in [4.69, 9.17) is 4.74 Å². The summed E-state index contributed by atoms with van der Waals surface area (Å²) < 4.78 is 5.94. The summed E-state index contributed by atoms with van der Waals surface area (Å²) in [4.78, 5) is 12.8. The van der Waals surface area contributed by atoms with Crippen molar-refractivity contribution in [3.8, 4) is 5.75 Å². The smallest absolute Gasteiger partial charge is 0.165 e. The highest BCUT2D eigenvalue weighted by Crippen LogP contribution is 2.34. The number of rotatable bonds is 4. The highest BCUT2D eigenvalue weighted by atomic mass is 16.5. The van der Waals surface area contributed by atoms with Gasteiger partial charge >= 0.3 is 0 Å². The van der Waals surface area contributed by atoms with Crippen LogP contribution in [-0.4, -0.2) is 11.9 Å². The van der Waals surface area contributed by atoms with Crippen molar-refractivity contribution in [2.24, 2.45) is 5.92 Å². The molecule has 1 aliphatic rings. The molecule has 0 N–H and O–H groups in total. The molecule has 1 saturated carbocycles. The van der Waals surface area contributed by atoms with Crippen LogP contribution in [0.1, 0.15) is 82.6 Å². The van der Waals surface area contributed by atoms with Gasteiger partial charge in [-0.3, -0.25) is 4.79 Å². The fraction of sp³-hybridized carbons (Fsp3) is 0.650. The monoisotopic (exact) mass is 302 g/mol. The average Bonchev–Trinajstić information content (AvgIpc) is 2.46. The Morgan fingerprint density at radius 2 is 1.77 bits per heavy atom. The van der Waals surface area contributed by atoms with Crippen molar-refractivity contribution in [3.05, 3.63) is 29.3 Å². The Morgan fingerprint density at radius 3 is 2.32 bits per heavy atom. The van der Waals surface area contributed by atoms with Crippen molar-refractivity contribution in [2.75, 3.05) is 0 Å². The zero-order chi connectivity index (χ0) is 16.3. The van der Waals surface area contributed by atoms with Gasteiger partial charge in [0.05, 0.1) is 6.10 Å². The van der Waals surface area contributed by atoms with E-state index in [9.17, 15) is 4.79 Å². The molecule has 122 valence electrons. The SMILES string of the molecule is CC(C)Oc1ccc(C(=O)C2CCCCC2)cc1C(C)(C)C. The van der Waals surface area contributed by atoms with Gasteiger partial charge in [0.15, 0.2) is 5.78 Å². The number of ketones is 1. The Hall–Kier alpha value is -1.31. The minimum Gasteiger partial charge on any atom is -0.491 e. The first-order valence-corrected chi connectivity index (χ1v) is 8.64. The van der Waals surface area contributed by atoms with Crippen LogP contribution in [0.15, 0.2) is 18.2 Å². The number of benzene rings is 1. The van der Waals surface area contributed by atoms with E-state index in [0.29, 0.717) is 5.78 Å². The molecule has 0 spiro atoms. The van der Waals surface area contributed by atoms with Crippen LogP contribution < -0.4 is 4.74 Å². The molecule has 0 radical (unpaired) electrons. The second kappa shape index (κ2) is 6.85. The van der Waals surface area contributed by atoms with Crippen molar-refractivity contribution >= 4 is 5.78 Å². The van der Waals surface area contributed by atoms with Gasteiger partial charge in [0, 0.05) is 17.0 Å². The van der Waals surface area contributed by atoms with E-state index >= 15 is 0 Å². The molecular weight excluding hydrogens is 272 g/mol. The molecule has 0 aliphatic heterocycles.